The van der Waals surface area contributed by atoms with Gasteiger partial charge in [0.1, 0.15) is 5.70 Å². The van der Waals surface area contributed by atoms with Gasteiger partial charge in [0.25, 0.3) is 21.9 Å². The monoisotopic (exact) mass is 463 g/mol. The predicted molar refractivity (Wildman–Crippen MR) is 123 cm³/mol. The molecule has 4 heterocycles. The number of hydrogen-bond acceptors (Lipinski definition) is 6. The van der Waals surface area contributed by atoms with E-state index in [0.29, 0.717) is 30.7 Å². The number of aryl methyl sites for hydroxylation is 1. The highest BCUT2D eigenvalue weighted by molar-refractivity contribution is 7.85. The first-order valence-corrected chi connectivity index (χ1v) is 12.6. The lowest BCUT2D eigenvalue weighted by molar-refractivity contribution is -0.123. The predicted octanol–water partition coefficient (Wildman–Crippen LogP) is 2.49. The lowest BCUT2D eigenvalue weighted by Crippen LogP contribution is -2.34. The molecule has 0 saturated carbocycles. The Hall–Kier alpha value is -3.43. The third kappa shape index (κ3) is 2.96. The summed E-state index contributed by atoms with van der Waals surface area (Å²) in [6.07, 6.45) is 2.23. The molecule has 9 heteroatoms. The van der Waals surface area contributed by atoms with Crippen molar-refractivity contribution in [2.75, 3.05) is 17.8 Å². The Bertz CT molecular complexity index is 1500. The Balaban J connectivity index is 1.56. The van der Waals surface area contributed by atoms with Crippen molar-refractivity contribution in [2.45, 2.75) is 25.4 Å². The molecule has 2 amide bonds. The molecule has 0 bridgehead atoms. The number of nitrogens with one attached hydrogen (secondary N) is 1. The molecule has 0 radical (unpaired) electrons. The van der Waals surface area contributed by atoms with E-state index in [2.05, 4.69) is 16.0 Å². The van der Waals surface area contributed by atoms with E-state index in [0.717, 1.165) is 39.7 Å². The molecule has 6 rings (SSSR count). The van der Waals surface area contributed by atoms with Gasteiger partial charge in [-0.15, -0.1) is 0 Å². The fraction of sp³-hybridized carbons (Fsp3) is 0.250. The highest BCUT2D eigenvalue weighted by Crippen LogP contribution is 2.52. The molecule has 1 unspecified atom stereocenters. The van der Waals surface area contributed by atoms with Gasteiger partial charge in [0.05, 0.1) is 30.2 Å². The summed E-state index contributed by atoms with van der Waals surface area (Å²) in [7, 11) is -3.52. The Morgan fingerprint density at radius 3 is 2.64 bits per heavy atom. The fourth-order valence-corrected chi connectivity index (χ4v) is 5.82. The minimum absolute atomic E-state index is 0.0711. The third-order valence-electron chi connectivity index (χ3n) is 6.52. The minimum Gasteiger partial charge on any atom is -0.342 e. The normalized spacial score (nSPS) is 18.9. The maximum atomic E-state index is 13.0. The number of aromatic nitrogens is 1. The molecule has 1 atom stereocenters. The summed E-state index contributed by atoms with van der Waals surface area (Å²) in [5, 5.41) is 3.40. The molecule has 3 aliphatic heterocycles. The SMILES string of the molecule is CS(=O)(=O)OCCCn1c2c(c3ccccc31)C1=C(C(=O)NC1=O)N1c3ccccc3CC21. The summed E-state index contributed by atoms with van der Waals surface area (Å²) in [4.78, 5) is 27.9. The summed E-state index contributed by atoms with van der Waals surface area (Å²) in [6.45, 7) is 0.589. The van der Waals surface area contributed by atoms with Crippen LogP contribution in [-0.4, -0.2) is 37.7 Å². The second-order valence-electron chi connectivity index (χ2n) is 8.53. The van der Waals surface area contributed by atoms with Crippen molar-refractivity contribution in [1.29, 1.82) is 0 Å². The largest absolute Gasteiger partial charge is 0.342 e. The second-order valence-corrected chi connectivity index (χ2v) is 10.2. The van der Waals surface area contributed by atoms with Crippen molar-refractivity contribution in [3.05, 3.63) is 71.0 Å². The van der Waals surface area contributed by atoms with E-state index in [1.54, 1.807) is 0 Å². The molecule has 2 aromatic carbocycles. The van der Waals surface area contributed by atoms with E-state index in [1.165, 1.54) is 0 Å². The molecule has 0 saturated heterocycles. The van der Waals surface area contributed by atoms with Gasteiger partial charge in [0.15, 0.2) is 0 Å². The number of fused-ring (bicyclic) bond motifs is 9. The lowest BCUT2D eigenvalue weighted by Gasteiger charge is -2.33. The maximum absolute atomic E-state index is 13.0. The average Bonchev–Trinajstić information content (AvgIpc) is 3.40. The van der Waals surface area contributed by atoms with Crippen LogP contribution in [0.1, 0.15) is 29.3 Å². The van der Waals surface area contributed by atoms with Crippen molar-refractivity contribution >= 4 is 44.1 Å². The first kappa shape index (κ1) is 20.2. The van der Waals surface area contributed by atoms with Gasteiger partial charge < -0.3 is 9.47 Å². The van der Waals surface area contributed by atoms with Crippen LogP contribution in [0.15, 0.2) is 54.2 Å². The molecule has 3 aromatic rings. The van der Waals surface area contributed by atoms with Crippen LogP contribution in [0.4, 0.5) is 5.69 Å². The molecular formula is C24H21N3O5S. The first-order chi connectivity index (χ1) is 15.8. The van der Waals surface area contributed by atoms with Crippen LogP contribution in [0.2, 0.25) is 0 Å². The van der Waals surface area contributed by atoms with Gasteiger partial charge >= 0.3 is 0 Å². The van der Waals surface area contributed by atoms with Gasteiger partial charge in [0.2, 0.25) is 0 Å². The van der Waals surface area contributed by atoms with E-state index in [4.69, 9.17) is 4.18 Å². The van der Waals surface area contributed by atoms with Crippen LogP contribution in [0.3, 0.4) is 0 Å². The van der Waals surface area contributed by atoms with Crippen molar-refractivity contribution in [2.24, 2.45) is 0 Å². The van der Waals surface area contributed by atoms with Crippen molar-refractivity contribution in [1.82, 2.24) is 9.88 Å². The highest BCUT2D eigenvalue weighted by atomic mass is 32.2. The smallest absolute Gasteiger partial charge is 0.275 e. The van der Waals surface area contributed by atoms with Crippen LogP contribution in [0, 0.1) is 0 Å². The van der Waals surface area contributed by atoms with Crippen LogP contribution < -0.4 is 10.2 Å². The number of rotatable bonds is 5. The molecule has 0 aliphatic carbocycles. The number of imide groups is 1. The molecule has 0 spiro atoms. The number of amides is 2. The molecule has 1 N–H and O–H groups in total. The third-order valence-corrected chi connectivity index (χ3v) is 7.12. The first-order valence-electron chi connectivity index (χ1n) is 10.8. The number of para-hydroxylation sites is 2. The lowest BCUT2D eigenvalue weighted by atomic mass is 9.92. The van der Waals surface area contributed by atoms with E-state index < -0.39 is 10.1 Å². The van der Waals surface area contributed by atoms with E-state index in [-0.39, 0.29) is 24.5 Å². The molecular weight excluding hydrogens is 442 g/mol. The van der Waals surface area contributed by atoms with Crippen molar-refractivity contribution in [3.63, 3.8) is 0 Å². The Labute approximate surface area is 190 Å². The molecule has 168 valence electrons. The van der Waals surface area contributed by atoms with Gasteiger partial charge in [-0.05, 0) is 24.1 Å². The topological polar surface area (TPSA) is 97.7 Å². The number of carbonyl (C=O) groups excluding carboxylic acids is 2. The summed E-state index contributed by atoms with van der Waals surface area (Å²) in [5.74, 6) is -0.761. The summed E-state index contributed by atoms with van der Waals surface area (Å²) >= 11 is 0. The average molecular weight is 464 g/mol. The zero-order valence-electron chi connectivity index (χ0n) is 17.9. The van der Waals surface area contributed by atoms with Crippen molar-refractivity contribution < 1.29 is 22.2 Å². The van der Waals surface area contributed by atoms with E-state index >= 15 is 0 Å². The summed E-state index contributed by atoms with van der Waals surface area (Å²) < 4.78 is 29.9. The number of carbonyl (C=O) groups is 2. The molecule has 8 nitrogen and oxygen atoms in total. The van der Waals surface area contributed by atoms with E-state index in [1.807, 2.05) is 47.4 Å². The second kappa shape index (κ2) is 7.03. The van der Waals surface area contributed by atoms with Crippen LogP contribution in [0.25, 0.3) is 16.5 Å². The molecule has 1 aromatic heterocycles. The standard InChI is InChI=1S/C24H21N3O5S/c1-33(30,31)32-12-6-11-26-17-10-5-3-8-15(17)19-20-22(24(29)25-23(20)28)27-16-9-4-2-7-14(16)13-18(27)21(19)26/h2-5,7-10,18H,6,11-13H2,1H3,(H,25,28,29). The number of nitrogens with zero attached hydrogens (tertiary/aromatic N) is 2. The zero-order valence-corrected chi connectivity index (χ0v) is 18.7. The Kier molecular flexibility index (Phi) is 4.30. The summed E-state index contributed by atoms with van der Waals surface area (Å²) in [6, 6.07) is 15.6. The van der Waals surface area contributed by atoms with Crippen molar-refractivity contribution in [3.8, 4) is 0 Å². The zero-order chi connectivity index (χ0) is 22.9. The molecule has 0 fully saturated rings. The van der Waals surface area contributed by atoms with Gasteiger partial charge in [-0.1, -0.05) is 36.4 Å². The highest BCUT2D eigenvalue weighted by Gasteiger charge is 2.49. The Morgan fingerprint density at radius 1 is 1.06 bits per heavy atom. The van der Waals surface area contributed by atoms with E-state index in [9.17, 15) is 18.0 Å². The van der Waals surface area contributed by atoms with Gasteiger partial charge in [-0.25, -0.2) is 0 Å². The van der Waals surface area contributed by atoms with Gasteiger partial charge in [-0.3, -0.25) is 19.1 Å². The summed E-state index contributed by atoms with van der Waals surface area (Å²) in [5.41, 5.74) is 5.57. The fourth-order valence-electron chi connectivity index (χ4n) is 5.40. The Morgan fingerprint density at radius 2 is 1.82 bits per heavy atom. The number of anilines is 1. The quantitative estimate of drug-likeness (QED) is 0.355. The minimum atomic E-state index is -3.52. The molecule has 3 aliphatic rings. The van der Waals surface area contributed by atoms with Crippen LogP contribution in [0.5, 0.6) is 0 Å². The van der Waals surface area contributed by atoms with Crippen LogP contribution in [-0.2, 0) is 36.9 Å². The van der Waals surface area contributed by atoms with Gasteiger partial charge in [-0.2, -0.15) is 8.42 Å². The number of hydrogen-bond donors (Lipinski definition) is 1. The van der Waals surface area contributed by atoms with Crippen LogP contribution >= 0.6 is 0 Å². The molecule has 33 heavy (non-hydrogen) atoms. The van der Waals surface area contributed by atoms with Gasteiger partial charge in [0, 0.05) is 35.1 Å². The maximum Gasteiger partial charge on any atom is 0.275 e. The number of benzene rings is 2.